The van der Waals surface area contributed by atoms with Gasteiger partial charge in [0, 0.05) is 28.1 Å². The third-order valence-corrected chi connectivity index (χ3v) is 5.90. The molecule has 2 bridgehead atoms. The summed E-state index contributed by atoms with van der Waals surface area (Å²) in [6.45, 7) is 0.0807. The van der Waals surface area contributed by atoms with Gasteiger partial charge >= 0.3 is 5.97 Å². The van der Waals surface area contributed by atoms with E-state index in [0.717, 1.165) is 19.3 Å². The molecule has 0 N–H and O–H groups in total. The van der Waals surface area contributed by atoms with Crippen LogP contribution in [-0.2, 0) is 9.53 Å². The van der Waals surface area contributed by atoms with Crippen LogP contribution in [0, 0.1) is 9.49 Å². The van der Waals surface area contributed by atoms with Gasteiger partial charge in [-0.2, -0.15) is 0 Å². The Morgan fingerprint density at radius 1 is 1.36 bits per heavy atom. The predicted octanol–water partition coefficient (Wildman–Crippen LogP) is 3.37. The molecule has 2 aliphatic rings. The van der Waals surface area contributed by atoms with Crippen LogP contribution >= 0.6 is 22.6 Å². The lowest BCUT2D eigenvalue weighted by Crippen LogP contribution is -2.51. The number of alkyl halides is 1. The Bertz CT molecular complexity index is 536. The Morgan fingerprint density at radius 2 is 2.09 bits per heavy atom. The molecule has 0 radical (unpaired) electrons. The molecular weight excluding hydrogens is 395 g/mol. The first-order valence-corrected chi connectivity index (χ1v) is 8.88. The average molecular weight is 416 g/mol. The Balaban J connectivity index is 1.92. The summed E-state index contributed by atoms with van der Waals surface area (Å²) in [6.07, 6.45) is 2.93. The molecule has 0 spiro atoms. The number of nitrogens with zero attached hydrogens (tertiary/aromatic N) is 1. The number of esters is 1. The Labute approximate surface area is 144 Å². The van der Waals surface area contributed by atoms with Crippen LogP contribution in [-0.4, -0.2) is 43.3 Å². The molecule has 0 amide bonds. The minimum Gasteiger partial charge on any atom is -0.469 e. The smallest absolute Gasteiger partial charge is 0.310 e. The number of hydrogen-bond donors (Lipinski definition) is 0. The number of halogens is 2. The van der Waals surface area contributed by atoms with E-state index >= 15 is 0 Å². The molecule has 5 heteroatoms. The zero-order valence-electron chi connectivity index (χ0n) is 12.7. The molecule has 0 aliphatic carbocycles. The van der Waals surface area contributed by atoms with Crippen LogP contribution in [0.4, 0.5) is 4.39 Å². The molecule has 2 aliphatic heterocycles. The fourth-order valence-corrected chi connectivity index (χ4v) is 4.63. The first-order chi connectivity index (χ1) is 10.7. The topological polar surface area (TPSA) is 29.5 Å². The number of hydrogen-bond acceptors (Lipinski definition) is 3. The van der Waals surface area contributed by atoms with Gasteiger partial charge in [0.05, 0.1) is 13.0 Å². The molecule has 0 unspecified atom stereocenters. The summed E-state index contributed by atoms with van der Waals surface area (Å²) < 4.78 is 19.1. The van der Waals surface area contributed by atoms with Gasteiger partial charge in [0.25, 0.3) is 0 Å². The molecule has 4 atom stereocenters. The van der Waals surface area contributed by atoms with Gasteiger partial charge < -0.3 is 4.74 Å². The lowest BCUT2D eigenvalue weighted by atomic mass is 9.76. The van der Waals surface area contributed by atoms with Gasteiger partial charge in [0.15, 0.2) is 0 Å². The number of ether oxygens (including phenoxy) is 1. The van der Waals surface area contributed by atoms with Crippen molar-refractivity contribution in [3.8, 4) is 0 Å². The maximum Gasteiger partial charge on any atom is 0.310 e. The molecule has 0 saturated carbocycles. The third kappa shape index (κ3) is 2.89. The number of fused-ring (bicyclic) bond motifs is 2. The summed E-state index contributed by atoms with van der Waals surface area (Å²) >= 11 is 2.29. The van der Waals surface area contributed by atoms with E-state index in [0.29, 0.717) is 12.6 Å². The highest BCUT2D eigenvalue weighted by atomic mass is 127. The first-order valence-electron chi connectivity index (χ1n) is 7.80. The fraction of sp³-hybridized carbons (Fsp3) is 0.588. The minimum absolute atomic E-state index is 0.117. The number of rotatable bonds is 4. The van der Waals surface area contributed by atoms with Gasteiger partial charge in [-0.3, -0.25) is 9.69 Å². The lowest BCUT2D eigenvalue weighted by molar-refractivity contribution is -0.150. The van der Waals surface area contributed by atoms with E-state index in [1.165, 1.54) is 16.2 Å². The molecule has 0 aromatic heterocycles. The third-order valence-electron chi connectivity index (χ3n) is 5.18. The summed E-state index contributed by atoms with van der Waals surface area (Å²) in [7, 11) is 1.45. The number of piperidine rings is 1. The summed E-state index contributed by atoms with van der Waals surface area (Å²) in [5, 5.41) is 0. The van der Waals surface area contributed by atoms with Crippen LogP contribution in [0.1, 0.15) is 30.7 Å². The molecule has 22 heavy (non-hydrogen) atoms. The summed E-state index contributed by atoms with van der Waals surface area (Å²) in [5.41, 5.74) is 1.20. The van der Waals surface area contributed by atoms with E-state index < -0.39 is 0 Å². The summed E-state index contributed by atoms with van der Waals surface area (Å²) in [4.78, 5) is 14.6. The molecule has 1 aromatic rings. The van der Waals surface area contributed by atoms with Crippen LogP contribution in [0.25, 0.3) is 0 Å². The standard InChI is InChI=1S/C17H21FINO2/c1-22-17(21)16-14(11-2-4-12(19)5-3-11)10-13-6-7-15(16)20(13)9-8-18/h2-5,13-16H,6-10H2,1H3/t13-,14+,15+,16-/m0/s1/i18-1. The molecular formula is C17H21FINO2. The van der Waals surface area contributed by atoms with Gasteiger partial charge in [-0.15, -0.1) is 0 Å². The van der Waals surface area contributed by atoms with E-state index in [9.17, 15) is 9.18 Å². The second kappa shape index (κ2) is 6.83. The van der Waals surface area contributed by atoms with Crippen molar-refractivity contribution in [3.63, 3.8) is 0 Å². The Morgan fingerprint density at radius 3 is 2.73 bits per heavy atom. The van der Waals surface area contributed by atoms with Crippen LogP contribution in [0.3, 0.4) is 0 Å². The quantitative estimate of drug-likeness (QED) is 0.557. The van der Waals surface area contributed by atoms with Crippen molar-refractivity contribution in [1.82, 2.24) is 4.90 Å². The van der Waals surface area contributed by atoms with E-state index in [1.54, 1.807) is 0 Å². The second-order valence-corrected chi connectivity index (χ2v) is 7.41. The zero-order valence-corrected chi connectivity index (χ0v) is 14.8. The van der Waals surface area contributed by atoms with Gasteiger partial charge in [-0.1, -0.05) is 12.1 Å². The fourth-order valence-electron chi connectivity index (χ4n) is 4.27. The normalized spacial score (nSPS) is 31.2. The second-order valence-electron chi connectivity index (χ2n) is 6.17. The van der Waals surface area contributed by atoms with Gasteiger partial charge in [0.1, 0.15) is 6.67 Å². The highest BCUT2D eigenvalue weighted by Gasteiger charge is 2.50. The van der Waals surface area contributed by atoms with Crippen LogP contribution in [0.5, 0.6) is 0 Å². The van der Waals surface area contributed by atoms with Crippen molar-refractivity contribution < 1.29 is 13.9 Å². The molecule has 1 aromatic carbocycles. The summed E-state index contributed by atoms with van der Waals surface area (Å²) in [6, 6.07) is 8.91. The maximum atomic E-state index is 12.9. The Hall–Kier alpha value is -0.690. The zero-order chi connectivity index (χ0) is 15.7. The number of carbonyl (C=O) groups excluding carboxylic acids is 1. The highest BCUT2D eigenvalue weighted by molar-refractivity contribution is 14.1. The Kier molecular flexibility index (Phi) is 5.02. The van der Waals surface area contributed by atoms with E-state index in [2.05, 4.69) is 51.8 Å². The summed E-state index contributed by atoms with van der Waals surface area (Å²) in [5.74, 6) is -0.161. The van der Waals surface area contributed by atoms with Gasteiger partial charge in [0.2, 0.25) is 0 Å². The number of methoxy groups -OCH3 is 1. The molecule has 3 rings (SSSR count). The lowest BCUT2D eigenvalue weighted by Gasteiger charge is -2.43. The monoisotopic (exact) mass is 416 g/mol. The molecule has 120 valence electrons. The van der Waals surface area contributed by atoms with Crippen molar-refractivity contribution >= 4 is 28.6 Å². The van der Waals surface area contributed by atoms with Crippen molar-refractivity contribution in [1.29, 1.82) is 0 Å². The van der Waals surface area contributed by atoms with Crippen LogP contribution in [0.15, 0.2) is 24.3 Å². The van der Waals surface area contributed by atoms with Crippen molar-refractivity contribution in [2.75, 3.05) is 20.3 Å². The van der Waals surface area contributed by atoms with Crippen molar-refractivity contribution in [2.24, 2.45) is 5.92 Å². The first kappa shape index (κ1) is 16.2. The minimum atomic E-state index is -0.352. The maximum absolute atomic E-state index is 12.9. The van der Waals surface area contributed by atoms with Crippen LogP contribution in [0.2, 0.25) is 0 Å². The average Bonchev–Trinajstić information content (AvgIpc) is 2.80. The van der Waals surface area contributed by atoms with Crippen molar-refractivity contribution in [3.05, 3.63) is 33.4 Å². The van der Waals surface area contributed by atoms with E-state index in [4.69, 9.17) is 4.74 Å². The van der Waals surface area contributed by atoms with Crippen molar-refractivity contribution in [2.45, 2.75) is 37.3 Å². The largest absolute Gasteiger partial charge is 0.469 e. The molecule has 2 fully saturated rings. The number of benzene rings is 1. The van der Waals surface area contributed by atoms with Gasteiger partial charge in [-0.25, -0.2) is 4.39 Å². The molecule has 2 saturated heterocycles. The highest BCUT2D eigenvalue weighted by Crippen LogP contribution is 2.47. The van der Waals surface area contributed by atoms with Gasteiger partial charge in [-0.05, 0) is 59.5 Å². The van der Waals surface area contributed by atoms with Crippen LogP contribution < -0.4 is 0 Å². The van der Waals surface area contributed by atoms with E-state index in [-0.39, 0.29) is 30.5 Å². The molecule has 3 nitrogen and oxygen atoms in total. The SMILES string of the molecule is COC(=O)[C@H]1[C@@H](c2ccc(I)cc2)C[C@@H]2CC[C@H]1N2CC[18F]. The predicted molar refractivity (Wildman–Crippen MR) is 91.5 cm³/mol. The van der Waals surface area contributed by atoms with E-state index in [1.807, 2.05) is 0 Å². The number of carbonyl (C=O) groups is 1. The molecule has 2 heterocycles.